The third-order valence-electron chi connectivity index (χ3n) is 6.03. The molecule has 1 N–H and O–H groups in total. The maximum atomic E-state index is 12.9. The maximum Gasteiger partial charge on any atom is 0.490 e. The molecule has 2 aliphatic heterocycles. The molecule has 1 aromatic carbocycles. The fraction of sp³-hybridized carbons (Fsp3) is 0.591. The molecular formula is C22H28F3N3O4. The molecule has 2 fully saturated rings. The van der Waals surface area contributed by atoms with E-state index < -0.39 is 12.1 Å². The molecule has 0 bridgehead atoms. The molecule has 1 amide bonds. The van der Waals surface area contributed by atoms with E-state index in [-0.39, 0.29) is 11.4 Å². The van der Waals surface area contributed by atoms with Gasteiger partial charge in [0.1, 0.15) is 0 Å². The van der Waals surface area contributed by atoms with E-state index in [4.69, 9.17) is 14.6 Å². The quantitative estimate of drug-likeness (QED) is 0.749. The smallest absolute Gasteiger partial charge is 0.475 e. The van der Waals surface area contributed by atoms with E-state index in [0.717, 1.165) is 52.0 Å². The number of carbonyl (C=O) groups excluding carboxylic acids is 1. The van der Waals surface area contributed by atoms with E-state index in [1.54, 1.807) is 25.3 Å². The molecule has 3 rings (SSSR count). The van der Waals surface area contributed by atoms with Gasteiger partial charge in [-0.05, 0) is 50.8 Å². The predicted octanol–water partition coefficient (Wildman–Crippen LogP) is 3.30. The molecule has 1 aromatic rings. The number of carbonyl (C=O) groups is 2. The van der Waals surface area contributed by atoms with Crippen LogP contribution in [0.5, 0.6) is 0 Å². The van der Waals surface area contributed by atoms with Crippen molar-refractivity contribution < 1.29 is 32.6 Å². The van der Waals surface area contributed by atoms with Gasteiger partial charge in [0.25, 0.3) is 5.91 Å². The van der Waals surface area contributed by atoms with Gasteiger partial charge in [-0.15, -0.1) is 0 Å². The monoisotopic (exact) mass is 455 g/mol. The van der Waals surface area contributed by atoms with Crippen molar-refractivity contribution in [1.29, 1.82) is 5.26 Å². The first-order valence-electron chi connectivity index (χ1n) is 10.5. The molecule has 10 heteroatoms. The lowest BCUT2D eigenvalue weighted by Gasteiger charge is -2.38. The molecule has 1 spiro atoms. The number of ether oxygens (including phenoxy) is 1. The molecule has 7 nitrogen and oxygen atoms in total. The summed E-state index contributed by atoms with van der Waals surface area (Å²) >= 11 is 0. The van der Waals surface area contributed by atoms with Gasteiger partial charge in [-0.2, -0.15) is 18.4 Å². The van der Waals surface area contributed by atoms with Crippen molar-refractivity contribution in [2.24, 2.45) is 0 Å². The summed E-state index contributed by atoms with van der Waals surface area (Å²) in [6, 6.07) is 9.26. The highest BCUT2D eigenvalue weighted by Crippen LogP contribution is 2.38. The van der Waals surface area contributed by atoms with Gasteiger partial charge < -0.3 is 14.7 Å². The van der Waals surface area contributed by atoms with Crippen LogP contribution in [0, 0.1) is 11.3 Å². The van der Waals surface area contributed by atoms with Gasteiger partial charge in [0.2, 0.25) is 0 Å². The lowest BCUT2D eigenvalue weighted by atomic mass is 9.88. The number of rotatable bonds is 4. The van der Waals surface area contributed by atoms with Crippen molar-refractivity contribution >= 4 is 11.9 Å². The van der Waals surface area contributed by atoms with Crippen LogP contribution in [0.1, 0.15) is 48.0 Å². The van der Waals surface area contributed by atoms with Gasteiger partial charge in [-0.25, -0.2) is 4.79 Å². The topological polar surface area (TPSA) is 93.9 Å². The van der Waals surface area contributed by atoms with Gasteiger partial charge in [0, 0.05) is 32.3 Å². The minimum Gasteiger partial charge on any atom is -0.475 e. The summed E-state index contributed by atoms with van der Waals surface area (Å²) in [5.41, 5.74) is 1.22. The van der Waals surface area contributed by atoms with Crippen LogP contribution in [0.4, 0.5) is 13.2 Å². The first-order valence-corrected chi connectivity index (χ1v) is 10.5. The summed E-state index contributed by atoms with van der Waals surface area (Å²) in [7, 11) is 1.75. The average Bonchev–Trinajstić information content (AvgIpc) is 3.02. The number of methoxy groups -OCH3 is 1. The Morgan fingerprint density at radius 3 is 2.38 bits per heavy atom. The fourth-order valence-corrected chi connectivity index (χ4v) is 4.43. The lowest BCUT2D eigenvalue weighted by Crippen LogP contribution is -2.46. The first kappa shape index (κ1) is 25.6. The van der Waals surface area contributed by atoms with Crippen LogP contribution in [0.15, 0.2) is 24.3 Å². The number of nitriles is 1. The normalized spacial score (nSPS) is 21.4. The second-order valence-corrected chi connectivity index (χ2v) is 7.91. The van der Waals surface area contributed by atoms with Gasteiger partial charge >= 0.3 is 12.1 Å². The van der Waals surface area contributed by atoms with E-state index in [1.807, 2.05) is 11.0 Å². The Kier molecular flexibility index (Phi) is 9.04. The van der Waals surface area contributed by atoms with Crippen molar-refractivity contribution in [2.75, 3.05) is 39.9 Å². The van der Waals surface area contributed by atoms with Crippen molar-refractivity contribution in [3.63, 3.8) is 0 Å². The van der Waals surface area contributed by atoms with E-state index in [2.05, 4.69) is 11.0 Å². The lowest BCUT2D eigenvalue weighted by molar-refractivity contribution is -0.192. The summed E-state index contributed by atoms with van der Waals surface area (Å²) < 4.78 is 37.0. The Morgan fingerprint density at radius 1 is 1.16 bits per heavy atom. The number of likely N-dealkylation sites (tertiary alicyclic amines) is 2. The molecule has 1 atom stereocenters. The zero-order chi connectivity index (χ0) is 23.8. The molecule has 2 heterocycles. The van der Waals surface area contributed by atoms with Crippen molar-refractivity contribution in [1.82, 2.24) is 9.80 Å². The number of carboxylic acid groups (broad SMARTS) is 1. The maximum absolute atomic E-state index is 12.9. The highest BCUT2D eigenvalue weighted by molar-refractivity contribution is 5.96. The molecule has 1 unspecified atom stereocenters. The largest absolute Gasteiger partial charge is 0.490 e. The summed E-state index contributed by atoms with van der Waals surface area (Å²) in [4.78, 5) is 26.3. The second-order valence-electron chi connectivity index (χ2n) is 7.91. The highest BCUT2D eigenvalue weighted by Gasteiger charge is 2.42. The van der Waals surface area contributed by atoms with Gasteiger partial charge in [-0.3, -0.25) is 9.69 Å². The summed E-state index contributed by atoms with van der Waals surface area (Å²) in [5, 5.41) is 16.4. The van der Waals surface area contributed by atoms with Crippen LogP contribution in [0.3, 0.4) is 0 Å². The highest BCUT2D eigenvalue weighted by atomic mass is 19.4. The minimum atomic E-state index is -5.08. The van der Waals surface area contributed by atoms with Crippen LogP contribution in [-0.2, 0) is 9.53 Å². The van der Waals surface area contributed by atoms with Crippen LogP contribution in [0.2, 0.25) is 0 Å². The first-order chi connectivity index (χ1) is 15.1. The van der Waals surface area contributed by atoms with Crippen LogP contribution in [-0.4, -0.2) is 78.4 Å². The Labute approximate surface area is 185 Å². The predicted molar refractivity (Wildman–Crippen MR) is 110 cm³/mol. The molecule has 32 heavy (non-hydrogen) atoms. The van der Waals surface area contributed by atoms with Crippen molar-refractivity contribution in [2.45, 2.75) is 43.8 Å². The van der Waals surface area contributed by atoms with E-state index >= 15 is 0 Å². The zero-order valence-electron chi connectivity index (χ0n) is 18.0. The van der Waals surface area contributed by atoms with Crippen LogP contribution >= 0.6 is 0 Å². The molecule has 0 saturated carbocycles. The Morgan fingerprint density at radius 2 is 1.78 bits per heavy atom. The molecule has 0 aliphatic carbocycles. The summed E-state index contributed by atoms with van der Waals surface area (Å²) in [6.07, 6.45) is 0.532. The van der Waals surface area contributed by atoms with Gasteiger partial charge in [0.15, 0.2) is 0 Å². The average molecular weight is 455 g/mol. The van der Waals surface area contributed by atoms with Crippen molar-refractivity contribution in [3.05, 3.63) is 35.4 Å². The van der Waals surface area contributed by atoms with E-state index in [0.29, 0.717) is 11.1 Å². The zero-order valence-corrected chi connectivity index (χ0v) is 18.0. The third-order valence-corrected chi connectivity index (χ3v) is 6.03. The number of halogens is 3. The number of hydrogen-bond acceptors (Lipinski definition) is 5. The number of alkyl halides is 3. The third kappa shape index (κ3) is 6.43. The molecular weight excluding hydrogens is 427 g/mol. The standard InChI is InChI=1S/C20H27N3O2.C2HF3O2/c1-25-15-14-23-12-5-9-20(23)8-4-11-22(13-10-20)19(24)18-7-3-2-6-17(18)16-21;3-2(4,5)1(6)7/h2-3,6-7H,4-5,8-15H2,1H3;(H,6,7). The number of amides is 1. The number of carboxylic acids is 1. The Balaban J connectivity index is 0.000000451. The number of nitrogens with zero attached hydrogens (tertiary/aromatic N) is 3. The van der Waals surface area contributed by atoms with Gasteiger partial charge in [-0.1, -0.05) is 12.1 Å². The molecule has 2 saturated heterocycles. The van der Waals surface area contributed by atoms with Crippen molar-refractivity contribution in [3.8, 4) is 6.07 Å². The van der Waals surface area contributed by atoms with Gasteiger partial charge in [0.05, 0.1) is 23.8 Å². The number of aliphatic carboxylic acids is 1. The van der Waals surface area contributed by atoms with E-state index in [1.165, 1.54) is 12.8 Å². The number of hydrogen-bond donors (Lipinski definition) is 1. The number of benzene rings is 1. The fourth-order valence-electron chi connectivity index (χ4n) is 4.43. The Hall–Kier alpha value is -2.64. The van der Waals surface area contributed by atoms with Crippen LogP contribution in [0.25, 0.3) is 0 Å². The SMILES string of the molecule is COCCN1CCCC12CCCN(C(=O)c1ccccc1C#N)CC2.O=C(O)C(F)(F)F. The molecule has 0 aromatic heterocycles. The minimum absolute atomic E-state index is 0.00404. The molecule has 2 aliphatic rings. The van der Waals surface area contributed by atoms with Crippen LogP contribution < -0.4 is 0 Å². The molecule has 176 valence electrons. The summed E-state index contributed by atoms with van der Waals surface area (Å²) in [6.45, 7) is 4.41. The Bertz CT molecular complexity index is 840. The van der Waals surface area contributed by atoms with E-state index in [9.17, 15) is 23.2 Å². The molecule has 0 radical (unpaired) electrons. The summed E-state index contributed by atoms with van der Waals surface area (Å²) in [5.74, 6) is -2.76. The second kappa shape index (κ2) is 11.3.